The summed E-state index contributed by atoms with van der Waals surface area (Å²) in [6.45, 7) is 3.19. The smallest absolute Gasteiger partial charge is 0.124 e. The molecule has 2 N–H and O–H groups in total. The van der Waals surface area contributed by atoms with Crippen molar-refractivity contribution in [2.45, 2.75) is 51.1 Å². The summed E-state index contributed by atoms with van der Waals surface area (Å²) < 4.78 is 0. The molecule has 3 unspecified atom stereocenters. The molecule has 3 atom stereocenters. The largest absolute Gasteiger partial charge is 0.507 e. The Morgan fingerprint density at radius 2 is 1.79 bits per heavy atom. The standard InChI is InChI=1S/C16H23NO2/c1-11(16-14(18)8-3-9-15(16)19)17-10-4-6-12-5-2-7-13(12)17/h3,8-9,11-13,18-19H,2,4-7,10H2,1H3. The average molecular weight is 261 g/mol. The van der Waals surface area contributed by atoms with Crippen LogP contribution in [0.15, 0.2) is 18.2 Å². The van der Waals surface area contributed by atoms with Gasteiger partial charge in [-0.25, -0.2) is 0 Å². The van der Waals surface area contributed by atoms with E-state index in [9.17, 15) is 10.2 Å². The summed E-state index contributed by atoms with van der Waals surface area (Å²) in [4.78, 5) is 2.50. The van der Waals surface area contributed by atoms with E-state index in [-0.39, 0.29) is 17.5 Å². The molecular weight excluding hydrogens is 238 g/mol. The third-order valence-electron chi connectivity index (χ3n) is 5.01. The summed E-state index contributed by atoms with van der Waals surface area (Å²) in [7, 11) is 0. The van der Waals surface area contributed by atoms with Crippen molar-refractivity contribution in [2.24, 2.45) is 5.92 Å². The summed E-state index contributed by atoms with van der Waals surface area (Å²) in [6, 6.07) is 5.76. The normalized spacial score (nSPS) is 29.1. The van der Waals surface area contributed by atoms with Gasteiger partial charge in [0.05, 0.1) is 5.56 Å². The number of phenols is 2. The summed E-state index contributed by atoms with van der Waals surface area (Å²) in [5, 5.41) is 20.1. The molecular formula is C16H23NO2. The van der Waals surface area contributed by atoms with Gasteiger partial charge in [-0.3, -0.25) is 4.90 Å². The zero-order chi connectivity index (χ0) is 13.4. The van der Waals surface area contributed by atoms with Gasteiger partial charge in [0.15, 0.2) is 0 Å². The number of hydrogen-bond donors (Lipinski definition) is 2. The van der Waals surface area contributed by atoms with Crippen LogP contribution < -0.4 is 0 Å². The van der Waals surface area contributed by atoms with E-state index in [1.807, 2.05) is 0 Å². The molecule has 104 valence electrons. The first-order chi connectivity index (χ1) is 9.18. The van der Waals surface area contributed by atoms with E-state index in [4.69, 9.17) is 0 Å². The first-order valence-electron chi connectivity index (χ1n) is 7.45. The molecule has 3 nitrogen and oxygen atoms in total. The van der Waals surface area contributed by atoms with Gasteiger partial charge in [-0.1, -0.05) is 12.5 Å². The predicted molar refractivity (Wildman–Crippen MR) is 75.3 cm³/mol. The Hall–Kier alpha value is -1.22. The third kappa shape index (κ3) is 2.20. The Morgan fingerprint density at radius 3 is 2.53 bits per heavy atom. The first-order valence-corrected chi connectivity index (χ1v) is 7.45. The number of phenolic OH excluding ortho intramolecular Hbond substituents is 2. The van der Waals surface area contributed by atoms with Gasteiger partial charge in [0.2, 0.25) is 0 Å². The molecule has 0 bridgehead atoms. The maximum absolute atomic E-state index is 10.0. The summed E-state index contributed by atoms with van der Waals surface area (Å²) in [5.74, 6) is 1.25. The van der Waals surface area contributed by atoms with E-state index < -0.39 is 0 Å². The van der Waals surface area contributed by atoms with E-state index >= 15 is 0 Å². The summed E-state index contributed by atoms with van der Waals surface area (Å²) in [5.41, 5.74) is 0.690. The van der Waals surface area contributed by atoms with Crippen molar-refractivity contribution in [3.8, 4) is 11.5 Å². The highest BCUT2D eigenvalue weighted by atomic mass is 16.3. The van der Waals surface area contributed by atoms with Crippen LogP contribution in [0.4, 0.5) is 0 Å². The molecule has 1 aromatic rings. The zero-order valence-electron chi connectivity index (χ0n) is 11.5. The fourth-order valence-corrected chi connectivity index (χ4v) is 4.11. The number of aromatic hydroxyl groups is 2. The number of hydrogen-bond acceptors (Lipinski definition) is 3. The van der Waals surface area contributed by atoms with Gasteiger partial charge in [0.25, 0.3) is 0 Å². The molecule has 0 aromatic heterocycles. The Kier molecular flexibility index (Phi) is 3.40. The second-order valence-electron chi connectivity index (χ2n) is 6.02. The molecule has 0 amide bonds. The van der Waals surface area contributed by atoms with Crippen LogP contribution in [-0.4, -0.2) is 27.7 Å². The number of piperidine rings is 1. The van der Waals surface area contributed by atoms with Gasteiger partial charge in [-0.2, -0.15) is 0 Å². The van der Waals surface area contributed by atoms with Crippen molar-refractivity contribution in [1.82, 2.24) is 4.90 Å². The number of fused-ring (bicyclic) bond motifs is 1. The zero-order valence-corrected chi connectivity index (χ0v) is 11.5. The van der Waals surface area contributed by atoms with Gasteiger partial charge in [-0.15, -0.1) is 0 Å². The highest BCUT2D eigenvalue weighted by Gasteiger charge is 2.38. The lowest BCUT2D eigenvalue weighted by molar-refractivity contribution is 0.0724. The second kappa shape index (κ2) is 5.04. The molecule has 3 heteroatoms. The minimum absolute atomic E-state index is 0.0899. The highest BCUT2D eigenvalue weighted by Crippen LogP contribution is 2.43. The molecule has 0 radical (unpaired) electrons. The van der Waals surface area contributed by atoms with Crippen molar-refractivity contribution < 1.29 is 10.2 Å². The molecule has 2 fully saturated rings. The molecule has 1 aliphatic carbocycles. The van der Waals surface area contributed by atoms with Gasteiger partial charge < -0.3 is 10.2 Å². The van der Waals surface area contributed by atoms with Gasteiger partial charge in [-0.05, 0) is 57.2 Å². The summed E-state index contributed by atoms with van der Waals surface area (Å²) in [6.07, 6.45) is 6.52. The van der Waals surface area contributed by atoms with Crippen LogP contribution in [0.25, 0.3) is 0 Å². The highest BCUT2D eigenvalue weighted by molar-refractivity contribution is 5.45. The first kappa shape index (κ1) is 12.8. The fraction of sp³-hybridized carbons (Fsp3) is 0.625. The molecule has 1 saturated heterocycles. The molecule has 3 rings (SSSR count). The molecule has 1 saturated carbocycles. The molecule has 1 heterocycles. The van der Waals surface area contributed by atoms with Gasteiger partial charge in [0.1, 0.15) is 11.5 Å². The lowest BCUT2D eigenvalue weighted by Gasteiger charge is -2.42. The van der Waals surface area contributed by atoms with E-state index in [0.29, 0.717) is 11.6 Å². The minimum atomic E-state index is 0.0899. The lowest BCUT2D eigenvalue weighted by Crippen LogP contribution is -2.43. The van der Waals surface area contributed by atoms with Crippen molar-refractivity contribution in [3.05, 3.63) is 23.8 Å². The molecule has 1 aromatic carbocycles. The van der Waals surface area contributed by atoms with Crippen LogP contribution in [-0.2, 0) is 0 Å². The second-order valence-corrected chi connectivity index (χ2v) is 6.02. The van der Waals surface area contributed by atoms with Crippen molar-refractivity contribution in [2.75, 3.05) is 6.54 Å². The number of rotatable bonds is 2. The molecule has 0 spiro atoms. The third-order valence-corrected chi connectivity index (χ3v) is 5.01. The number of likely N-dealkylation sites (tertiary alicyclic amines) is 1. The number of nitrogens with zero attached hydrogens (tertiary/aromatic N) is 1. The topological polar surface area (TPSA) is 43.7 Å². The van der Waals surface area contributed by atoms with Crippen molar-refractivity contribution >= 4 is 0 Å². The predicted octanol–water partition coefficient (Wildman–Crippen LogP) is 3.42. The van der Waals surface area contributed by atoms with Gasteiger partial charge >= 0.3 is 0 Å². The van der Waals surface area contributed by atoms with E-state index in [1.54, 1.807) is 18.2 Å². The van der Waals surface area contributed by atoms with Crippen molar-refractivity contribution in [3.63, 3.8) is 0 Å². The Morgan fingerprint density at radius 1 is 1.11 bits per heavy atom. The van der Waals surface area contributed by atoms with Crippen molar-refractivity contribution in [1.29, 1.82) is 0 Å². The van der Waals surface area contributed by atoms with E-state index in [2.05, 4.69) is 11.8 Å². The number of benzene rings is 1. The van der Waals surface area contributed by atoms with Crippen LogP contribution in [0.2, 0.25) is 0 Å². The maximum atomic E-state index is 10.0. The van der Waals surface area contributed by atoms with Crippen LogP contribution in [0.3, 0.4) is 0 Å². The Labute approximate surface area is 114 Å². The molecule has 2 aliphatic rings. The Bertz CT molecular complexity index is 440. The minimum Gasteiger partial charge on any atom is -0.507 e. The van der Waals surface area contributed by atoms with Crippen LogP contribution in [0.1, 0.15) is 50.6 Å². The molecule has 19 heavy (non-hydrogen) atoms. The monoisotopic (exact) mass is 261 g/mol. The fourth-order valence-electron chi connectivity index (χ4n) is 4.11. The van der Waals surface area contributed by atoms with Crippen LogP contribution in [0.5, 0.6) is 11.5 Å². The van der Waals surface area contributed by atoms with Crippen LogP contribution >= 0.6 is 0 Å². The lowest BCUT2D eigenvalue weighted by atomic mass is 9.89. The molecule has 1 aliphatic heterocycles. The maximum Gasteiger partial charge on any atom is 0.124 e. The Balaban J connectivity index is 1.88. The SMILES string of the molecule is CC(c1c(O)cccc1O)N1CCCC2CCCC21. The average Bonchev–Trinajstić information content (AvgIpc) is 2.86. The van der Waals surface area contributed by atoms with E-state index in [1.165, 1.54) is 32.1 Å². The van der Waals surface area contributed by atoms with Crippen LogP contribution in [0, 0.1) is 5.92 Å². The summed E-state index contributed by atoms with van der Waals surface area (Å²) >= 11 is 0. The quantitative estimate of drug-likeness (QED) is 0.857. The van der Waals surface area contributed by atoms with Gasteiger partial charge in [0, 0.05) is 12.1 Å². The van der Waals surface area contributed by atoms with E-state index in [0.717, 1.165) is 12.5 Å².